The van der Waals surface area contributed by atoms with Gasteiger partial charge in [-0.05, 0) is 78.9 Å². The molecule has 5 nitrogen and oxygen atoms in total. The van der Waals surface area contributed by atoms with E-state index >= 15 is 0 Å². The summed E-state index contributed by atoms with van der Waals surface area (Å²) in [7, 11) is -7.26. The Morgan fingerprint density at radius 2 is 1.31 bits per heavy atom. The molecule has 3 aromatic carbocycles. The molecular formula is C25H26F3NO4S3. The molecule has 1 N–H and O–H groups in total. The van der Waals surface area contributed by atoms with E-state index in [1.165, 1.54) is 12.1 Å². The summed E-state index contributed by atoms with van der Waals surface area (Å²) in [5.74, 6) is 0. The van der Waals surface area contributed by atoms with E-state index < -0.39 is 36.0 Å². The number of hydrogen-bond donors (Lipinski definition) is 1. The lowest BCUT2D eigenvalue weighted by Gasteiger charge is -2.25. The molecule has 0 amide bonds. The van der Waals surface area contributed by atoms with Crippen molar-refractivity contribution in [3.63, 3.8) is 0 Å². The molecule has 0 atom stereocenters. The van der Waals surface area contributed by atoms with E-state index in [0.29, 0.717) is 38.9 Å². The molecule has 36 heavy (non-hydrogen) atoms. The second-order valence-corrected chi connectivity index (χ2v) is 14.9. The first-order valence-electron chi connectivity index (χ1n) is 10.8. The van der Waals surface area contributed by atoms with Crippen LogP contribution >= 0.6 is 10.8 Å². The molecule has 0 saturated carbocycles. The Kier molecular flexibility index (Phi) is 7.61. The van der Waals surface area contributed by atoms with Gasteiger partial charge in [0.1, 0.15) is 0 Å². The quantitative estimate of drug-likeness (QED) is 0.334. The molecule has 0 spiro atoms. The lowest BCUT2D eigenvalue weighted by Crippen LogP contribution is -2.18. The van der Waals surface area contributed by atoms with Gasteiger partial charge in [-0.15, -0.1) is 0 Å². The Hall–Kier alpha value is -2.50. The zero-order chi connectivity index (χ0) is 27.1. The molecule has 0 radical (unpaired) electrons. The molecule has 3 aromatic rings. The van der Waals surface area contributed by atoms with Crippen LogP contribution in [0.15, 0.2) is 75.4 Å². The molecule has 0 bridgehead atoms. The molecule has 0 heterocycles. The lowest BCUT2D eigenvalue weighted by atomic mass is 9.86. The van der Waals surface area contributed by atoms with Crippen molar-refractivity contribution in [2.75, 3.05) is 4.72 Å². The van der Waals surface area contributed by atoms with E-state index in [9.17, 15) is 30.0 Å². The Bertz CT molecular complexity index is 1470. The molecular weight excluding hydrogens is 531 g/mol. The van der Waals surface area contributed by atoms with Crippen molar-refractivity contribution in [2.45, 2.75) is 60.9 Å². The second kappa shape index (κ2) is 9.75. The molecule has 0 aromatic heterocycles. The zero-order valence-electron chi connectivity index (χ0n) is 20.3. The number of hydrogen-bond acceptors (Lipinski definition) is 5. The van der Waals surface area contributed by atoms with Gasteiger partial charge in [-0.2, -0.15) is 13.2 Å². The molecule has 0 unspecified atom stereocenters. The van der Waals surface area contributed by atoms with Crippen molar-refractivity contribution >= 4 is 35.4 Å². The number of aryl methyl sites for hydroxylation is 2. The van der Waals surface area contributed by atoms with E-state index in [0.717, 1.165) is 17.7 Å². The molecule has 0 aliphatic rings. The largest absolute Gasteiger partial charge is 0.416 e. The van der Waals surface area contributed by atoms with E-state index in [1.807, 2.05) is 27.7 Å². The predicted octanol–water partition coefficient (Wildman–Crippen LogP) is 6.90. The van der Waals surface area contributed by atoms with Crippen LogP contribution in [-0.2, 0) is 30.5 Å². The number of anilines is 1. The van der Waals surface area contributed by atoms with Gasteiger partial charge >= 0.3 is 6.18 Å². The molecule has 0 aliphatic carbocycles. The normalized spacial score (nSPS) is 13.0. The summed E-state index contributed by atoms with van der Waals surface area (Å²) in [6, 6.07) is 12.9. The topological polar surface area (TPSA) is 80.3 Å². The fourth-order valence-electron chi connectivity index (χ4n) is 3.34. The third-order valence-corrected chi connectivity index (χ3v) is 10.1. The number of alkyl halides is 3. The van der Waals surface area contributed by atoms with Gasteiger partial charge in [-0.1, -0.05) is 38.5 Å². The highest BCUT2D eigenvalue weighted by molar-refractivity contribution is 8.72. The minimum Gasteiger partial charge on any atom is -0.279 e. The van der Waals surface area contributed by atoms with Crippen LogP contribution in [0.2, 0.25) is 0 Å². The number of benzene rings is 3. The number of nitrogens with one attached hydrogen (secondary N) is 1. The highest BCUT2D eigenvalue weighted by Gasteiger charge is 2.31. The number of halogens is 3. The molecule has 3 rings (SSSR count). The smallest absolute Gasteiger partial charge is 0.279 e. The van der Waals surface area contributed by atoms with Crippen LogP contribution in [-0.4, -0.2) is 16.8 Å². The van der Waals surface area contributed by atoms with Crippen LogP contribution in [0.3, 0.4) is 0 Å². The highest BCUT2D eigenvalue weighted by atomic mass is 33.1. The number of rotatable bonds is 6. The fourth-order valence-corrected chi connectivity index (χ4v) is 7.69. The van der Waals surface area contributed by atoms with Crippen LogP contribution in [0.25, 0.3) is 0 Å². The van der Waals surface area contributed by atoms with Crippen molar-refractivity contribution in [1.29, 1.82) is 0 Å². The van der Waals surface area contributed by atoms with Crippen LogP contribution in [0.4, 0.5) is 18.9 Å². The van der Waals surface area contributed by atoms with Crippen LogP contribution < -0.4 is 4.72 Å². The average molecular weight is 558 g/mol. The first-order chi connectivity index (χ1) is 16.4. The van der Waals surface area contributed by atoms with E-state index in [-0.39, 0.29) is 15.5 Å². The van der Waals surface area contributed by atoms with Crippen molar-refractivity contribution in [2.24, 2.45) is 0 Å². The van der Waals surface area contributed by atoms with E-state index in [4.69, 9.17) is 0 Å². The fraction of sp³-hybridized carbons (Fsp3) is 0.280. The Balaban J connectivity index is 2.00. The summed E-state index contributed by atoms with van der Waals surface area (Å²) in [6.45, 7) is 9.09. The van der Waals surface area contributed by atoms with Crippen molar-refractivity contribution < 1.29 is 30.0 Å². The van der Waals surface area contributed by atoms with Gasteiger partial charge in [0.05, 0.1) is 21.0 Å². The van der Waals surface area contributed by atoms with Crippen molar-refractivity contribution in [1.82, 2.24) is 0 Å². The van der Waals surface area contributed by atoms with Crippen LogP contribution in [0.1, 0.15) is 43.0 Å². The molecule has 194 valence electrons. The van der Waals surface area contributed by atoms with E-state index in [1.54, 1.807) is 31.2 Å². The summed E-state index contributed by atoms with van der Waals surface area (Å²) in [5.41, 5.74) is 0.683. The maximum atomic E-state index is 13.1. The number of sulfonamides is 1. The molecule has 0 aliphatic heterocycles. The maximum absolute atomic E-state index is 13.1. The predicted molar refractivity (Wildman–Crippen MR) is 136 cm³/mol. The summed E-state index contributed by atoms with van der Waals surface area (Å²) in [6.07, 6.45) is -4.58. The Morgan fingerprint density at radius 1 is 0.778 bits per heavy atom. The third-order valence-electron chi connectivity index (χ3n) is 5.38. The zero-order valence-corrected chi connectivity index (χ0v) is 22.7. The van der Waals surface area contributed by atoms with Gasteiger partial charge in [0.15, 0.2) is 0 Å². The molecule has 11 heteroatoms. The standard InChI is InChI=1S/C25H26F3NO4S3/c1-16-6-10-20(11-7-16)36(32,33)34-23-14-17(2)22(15-21(23)24(3,4)5)29-35(30,31)19-12-8-18(9-13-19)25(26,27)28/h6-15,29H,1-5H3. The van der Waals surface area contributed by atoms with Crippen LogP contribution in [0.5, 0.6) is 0 Å². The summed E-state index contributed by atoms with van der Waals surface area (Å²) in [5, 5.41) is 0. The summed E-state index contributed by atoms with van der Waals surface area (Å²) < 4.78 is 92.9. The van der Waals surface area contributed by atoms with Crippen molar-refractivity contribution in [3.05, 3.63) is 82.9 Å². The molecule has 0 saturated heterocycles. The van der Waals surface area contributed by atoms with Gasteiger partial charge in [-0.3, -0.25) is 4.72 Å². The maximum Gasteiger partial charge on any atom is 0.416 e. The highest BCUT2D eigenvalue weighted by Crippen LogP contribution is 2.41. The van der Waals surface area contributed by atoms with Gasteiger partial charge in [0.2, 0.25) is 8.87 Å². The van der Waals surface area contributed by atoms with Gasteiger partial charge in [0, 0.05) is 15.7 Å². The van der Waals surface area contributed by atoms with E-state index in [2.05, 4.69) is 4.72 Å². The first-order valence-corrected chi connectivity index (χ1v) is 15.1. The van der Waals surface area contributed by atoms with Crippen molar-refractivity contribution in [3.8, 4) is 0 Å². The van der Waals surface area contributed by atoms with Crippen LogP contribution in [0, 0.1) is 13.8 Å². The molecule has 0 fully saturated rings. The summed E-state index contributed by atoms with van der Waals surface area (Å²) in [4.78, 5) is 0.286. The first kappa shape index (κ1) is 28.1. The summed E-state index contributed by atoms with van der Waals surface area (Å²) >= 11 is 0. The third kappa shape index (κ3) is 6.43. The monoisotopic (exact) mass is 557 g/mol. The van der Waals surface area contributed by atoms with Gasteiger partial charge < -0.3 is 0 Å². The lowest BCUT2D eigenvalue weighted by molar-refractivity contribution is -0.137. The van der Waals surface area contributed by atoms with Gasteiger partial charge in [-0.25, -0.2) is 16.8 Å². The second-order valence-electron chi connectivity index (χ2n) is 9.39. The van der Waals surface area contributed by atoms with Gasteiger partial charge in [0.25, 0.3) is 10.0 Å². The minimum atomic E-state index is -4.58. The SMILES string of the molecule is Cc1ccc(S(=O)(=O)Sc2cc(C)c(NS(=O)(=O)c3ccc(C(F)(F)F)cc3)cc2C(C)(C)C)cc1. The Morgan fingerprint density at radius 3 is 1.81 bits per heavy atom. The minimum absolute atomic E-state index is 0.155. The average Bonchev–Trinajstić information content (AvgIpc) is 2.74. The Labute approximate surface area is 213 Å².